The van der Waals surface area contributed by atoms with Crippen molar-refractivity contribution in [2.75, 3.05) is 0 Å². The smallest absolute Gasteiger partial charge is 0.146 e. The van der Waals surface area contributed by atoms with Crippen molar-refractivity contribution in [2.24, 2.45) is 7.05 Å². The van der Waals surface area contributed by atoms with E-state index < -0.39 is 0 Å². The molecule has 0 aliphatic carbocycles. The van der Waals surface area contributed by atoms with Crippen LogP contribution in [0.5, 0.6) is 0 Å². The third kappa shape index (κ3) is 2.06. The number of rotatable bonds is 2. The first-order chi connectivity index (χ1) is 11.2. The second-order valence-corrected chi connectivity index (χ2v) is 5.89. The van der Waals surface area contributed by atoms with E-state index in [4.69, 9.17) is 0 Å². The minimum Gasteiger partial charge on any atom is -0.334 e. The summed E-state index contributed by atoms with van der Waals surface area (Å²) in [5.41, 5.74) is 6.80. The van der Waals surface area contributed by atoms with Crippen LogP contribution in [0.15, 0.2) is 55.1 Å². The molecule has 2 heterocycles. The van der Waals surface area contributed by atoms with Crippen molar-refractivity contribution in [3.8, 4) is 17.1 Å². The molecule has 114 valence electrons. The Labute approximate surface area is 135 Å². The molecule has 0 unspecified atom stereocenters. The molecule has 23 heavy (non-hydrogen) atoms. The van der Waals surface area contributed by atoms with Crippen molar-refractivity contribution in [1.29, 1.82) is 0 Å². The van der Waals surface area contributed by atoms with E-state index in [2.05, 4.69) is 64.8 Å². The van der Waals surface area contributed by atoms with Gasteiger partial charge in [0.2, 0.25) is 0 Å². The van der Waals surface area contributed by atoms with Crippen LogP contribution in [-0.4, -0.2) is 19.1 Å². The van der Waals surface area contributed by atoms with Crippen LogP contribution in [0.2, 0.25) is 0 Å². The van der Waals surface area contributed by atoms with Crippen LogP contribution in [0.3, 0.4) is 0 Å². The fraction of sp³-hybridized carbons (Fsp3) is 0.158. The molecule has 0 saturated heterocycles. The maximum Gasteiger partial charge on any atom is 0.146 e. The summed E-state index contributed by atoms with van der Waals surface area (Å²) in [4.78, 5) is 9.18. The summed E-state index contributed by atoms with van der Waals surface area (Å²) in [6, 6.07) is 12.6. The van der Waals surface area contributed by atoms with E-state index >= 15 is 0 Å². The van der Waals surface area contributed by atoms with E-state index in [1.807, 2.05) is 30.3 Å². The third-order valence-electron chi connectivity index (χ3n) is 4.32. The first-order valence-corrected chi connectivity index (χ1v) is 7.67. The summed E-state index contributed by atoms with van der Waals surface area (Å²) in [5, 5.41) is 0. The van der Waals surface area contributed by atoms with Crippen LogP contribution in [0, 0.1) is 13.8 Å². The molecular weight excluding hydrogens is 284 g/mol. The van der Waals surface area contributed by atoms with Crippen LogP contribution in [0.1, 0.15) is 11.1 Å². The van der Waals surface area contributed by atoms with Gasteiger partial charge in [-0.3, -0.25) is 4.57 Å². The monoisotopic (exact) mass is 302 g/mol. The Hall–Kier alpha value is -2.88. The average Bonchev–Trinajstić information content (AvgIpc) is 3.15. The Balaban J connectivity index is 2.00. The first-order valence-electron chi connectivity index (χ1n) is 7.67. The molecule has 0 amide bonds. The lowest BCUT2D eigenvalue weighted by Gasteiger charge is -2.14. The zero-order chi connectivity index (χ0) is 16.0. The van der Waals surface area contributed by atoms with Crippen LogP contribution in [0.25, 0.3) is 28.1 Å². The summed E-state index contributed by atoms with van der Waals surface area (Å²) in [5.74, 6) is 0.923. The zero-order valence-corrected chi connectivity index (χ0v) is 13.5. The second kappa shape index (κ2) is 5.09. The van der Waals surface area contributed by atoms with Crippen molar-refractivity contribution in [3.05, 3.63) is 66.2 Å². The highest BCUT2D eigenvalue weighted by Gasteiger charge is 2.15. The molecule has 0 aliphatic rings. The number of para-hydroxylation sites is 2. The minimum atomic E-state index is 0.923. The number of imidazole rings is 2. The molecule has 2 aromatic carbocycles. The lowest BCUT2D eigenvalue weighted by Crippen LogP contribution is -2.01. The summed E-state index contributed by atoms with van der Waals surface area (Å²) >= 11 is 0. The Morgan fingerprint density at radius 1 is 0.913 bits per heavy atom. The number of fused-ring (bicyclic) bond motifs is 1. The van der Waals surface area contributed by atoms with Crippen LogP contribution in [-0.2, 0) is 7.05 Å². The maximum absolute atomic E-state index is 4.62. The van der Waals surface area contributed by atoms with Gasteiger partial charge in [0.05, 0.1) is 23.0 Å². The lowest BCUT2D eigenvalue weighted by atomic mass is 10.1. The molecule has 4 rings (SSSR count). The highest BCUT2D eigenvalue weighted by atomic mass is 15.1. The molecule has 2 aromatic heterocycles. The molecule has 0 atom stereocenters. The number of hydrogen-bond donors (Lipinski definition) is 0. The molecular formula is C19H18N4. The summed E-state index contributed by atoms with van der Waals surface area (Å²) in [6.07, 6.45) is 5.72. The van der Waals surface area contributed by atoms with Gasteiger partial charge >= 0.3 is 0 Å². The van der Waals surface area contributed by atoms with Crippen LogP contribution >= 0.6 is 0 Å². The molecule has 4 aromatic rings. The van der Waals surface area contributed by atoms with E-state index in [1.54, 1.807) is 0 Å². The third-order valence-corrected chi connectivity index (χ3v) is 4.32. The number of nitrogens with zero attached hydrogens (tertiary/aromatic N) is 4. The highest BCUT2D eigenvalue weighted by Crippen LogP contribution is 2.30. The van der Waals surface area contributed by atoms with Gasteiger partial charge in [0, 0.05) is 25.0 Å². The quantitative estimate of drug-likeness (QED) is 0.560. The molecule has 0 spiro atoms. The van der Waals surface area contributed by atoms with E-state index in [9.17, 15) is 0 Å². The van der Waals surface area contributed by atoms with Crippen molar-refractivity contribution >= 4 is 11.0 Å². The van der Waals surface area contributed by atoms with E-state index in [0.29, 0.717) is 0 Å². The average molecular weight is 302 g/mol. The molecule has 0 radical (unpaired) electrons. The predicted octanol–water partition coefficient (Wildman–Crippen LogP) is 4.04. The molecule has 0 bridgehead atoms. The highest BCUT2D eigenvalue weighted by molar-refractivity contribution is 5.90. The summed E-state index contributed by atoms with van der Waals surface area (Å²) in [7, 11) is 2.01. The predicted molar refractivity (Wildman–Crippen MR) is 92.7 cm³/mol. The number of hydrogen-bond acceptors (Lipinski definition) is 2. The minimum absolute atomic E-state index is 0.923. The zero-order valence-electron chi connectivity index (χ0n) is 13.5. The molecule has 0 fully saturated rings. The van der Waals surface area contributed by atoms with Crippen molar-refractivity contribution < 1.29 is 0 Å². The topological polar surface area (TPSA) is 35.6 Å². The number of benzene rings is 2. The fourth-order valence-corrected chi connectivity index (χ4v) is 3.21. The summed E-state index contributed by atoms with van der Waals surface area (Å²) < 4.78 is 4.19. The van der Waals surface area contributed by atoms with Crippen molar-refractivity contribution in [2.45, 2.75) is 13.8 Å². The Morgan fingerprint density at radius 2 is 1.65 bits per heavy atom. The normalized spacial score (nSPS) is 11.3. The van der Waals surface area contributed by atoms with E-state index in [0.717, 1.165) is 22.4 Å². The summed E-state index contributed by atoms with van der Waals surface area (Å²) in [6.45, 7) is 4.26. The van der Waals surface area contributed by atoms with Gasteiger partial charge in [0.25, 0.3) is 0 Å². The molecule has 4 heteroatoms. The van der Waals surface area contributed by atoms with Gasteiger partial charge in [-0.05, 0) is 37.1 Å². The van der Waals surface area contributed by atoms with E-state index in [1.165, 1.54) is 16.8 Å². The van der Waals surface area contributed by atoms with Gasteiger partial charge in [0.15, 0.2) is 0 Å². The molecule has 0 aliphatic heterocycles. The van der Waals surface area contributed by atoms with Gasteiger partial charge in [-0.1, -0.05) is 24.3 Å². The first kappa shape index (κ1) is 13.8. The van der Waals surface area contributed by atoms with Crippen molar-refractivity contribution in [3.63, 3.8) is 0 Å². The SMILES string of the molecule is Cc1cccc(C)c1-n1ccnc1-c1cccc2c1ncn2C. The maximum atomic E-state index is 4.62. The van der Waals surface area contributed by atoms with Gasteiger partial charge in [-0.2, -0.15) is 0 Å². The van der Waals surface area contributed by atoms with E-state index in [-0.39, 0.29) is 0 Å². The Kier molecular flexibility index (Phi) is 3.05. The molecule has 0 saturated carbocycles. The fourth-order valence-electron chi connectivity index (χ4n) is 3.21. The van der Waals surface area contributed by atoms with Gasteiger partial charge in [0.1, 0.15) is 5.82 Å². The number of aromatic nitrogens is 4. The second-order valence-electron chi connectivity index (χ2n) is 5.89. The van der Waals surface area contributed by atoms with Crippen molar-refractivity contribution in [1.82, 2.24) is 19.1 Å². The lowest BCUT2D eigenvalue weighted by molar-refractivity contribution is 0.948. The Morgan fingerprint density at radius 3 is 2.43 bits per heavy atom. The van der Waals surface area contributed by atoms with Gasteiger partial charge < -0.3 is 4.57 Å². The number of aryl methyl sites for hydroxylation is 3. The van der Waals surface area contributed by atoms with Crippen LogP contribution in [0.4, 0.5) is 0 Å². The van der Waals surface area contributed by atoms with Crippen LogP contribution < -0.4 is 0 Å². The van der Waals surface area contributed by atoms with Gasteiger partial charge in [-0.15, -0.1) is 0 Å². The molecule has 0 N–H and O–H groups in total. The standard InChI is InChI=1S/C19H18N4/c1-13-6-4-7-14(2)18(13)23-11-10-20-19(23)15-8-5-9-16-17(15)21-12-22(16)3/h4-12H,1-3H3. The van der Waals surface area contributed by atoms with Gasteiger partial charge in [-0.25, -0.2) is 9.97 Å². The Bertz CT molecular complexity index is 987. The molecule has 4 nitrogen and oxygen atoms in total. The largest absolute Gasteiger partial charge is 0.334 e.